The molecule has 0 spiro atoms. The highest BCUT2D eigenvalue weighted by Crippen LogP contribution is 2.35. The van der Waals surface area contributed by atoms with Crippen LogP contribution in [-0.2, 0) is 9.53 Å². The van der Waals surface area contributed by atoms with Gasteiger partial charge >= 0.3 is 5.97 Å². The maximum absolute atomic E-state index is 13.7. The van der Waals surface area contributed by atoms with E-state index in [4.69, 9.17) is 18.9 Å². The van der Waals surface area contributed by atoms with Gasteiger partial charge < -0.3 is 18.9 Å². The van der Waals surface area contributed by atoms with E-state index < -0.39 is 12.0 Å². The van der Waals surface area contributed by atoms with E-state index in [-0.39, 0.29) is 11.1 Å². The summed E-state index contributed by atoms with van der Waals surface area (Å²) in [6.45, 7) is 8.71. The summed E-state index contributed by atoms with van der Waals surface area (Å²) in [4.78, 5) is 31.4. The second kappa shape index (κ2) is 12.3. The molecular formula is C28H27BrN2O6S. The Morgan fingerprint density at radius 3 is 2.53 bits per heavy atom. The van der Waals surface area contributed by atoms with Crippen molar-refractivity contribution in [3.8, 4) is 17.2 Å². The van der Waals surface area contributed by atoms with Gasteiger partial charge in [-0.15, -0.1) is 0 Å². The van der Waals surface area contributed by atoms with Crippen LogP contribution in [0.5, 0.6) is 17.2 Å². The minimum Gasteiger partial charge on any atom is -0.490 e. The first-order valence-corrected chi connectivity index (χ1v) is 13.5. The van der Waals surface area contributed by atoms with Crippen LogP contribution in [0, 0.1) is 0 Å². The molecule has 0 radical (unpaired) electrons. The van der Waals surface area contributed by atoms with Crippen LogP contribution >= 0.6 is 27.3 Å². The van der Waals surface area contributed by atoms with Crippen LogP contribution in [0.3, 0.4) is 0 Å². The van der Waals surface area contributed by atoms with Crippen LogP contribution in [0.25, 0.3) is 6.08 Å². The van der Waals surface area contributed by atoms with Gasteiger partial charge in [0.05, 0.1) is 40.9 Å². The van der Waals surface area contributed by atoms with Crippen LogP contribution in [0.2, 0.25) is 0 Å². The van der Waals surface area contributed by atoms with Crippen molar-refractivity contribution >= 4 is 39.3 Å². The van der Waals surface area contributed by atoms with Gasteiger partial charge in [-0.2, -0.15) is 0 Å². The largest absolute Gasteiger partial charge is 0.490 e. The molecule has 8 nitrogen and oxygen atoms in total. The number of thiazole rings is 1. The highest BCUT2D eigenvalue weighted by molar-refractivity contribution is 9.10. The Labute approximate surface area is 232 Å². The first kappa shape index (κ1) is 27.4. The summed E-state index contributed by atoms with van der Waals surface area (Å²) in [5, 5.41) is 0. The minimum absolute atomic E-state index is 0.240. The van der Waals surface area contributed by atoms with E-state index in [1.807, 2.05) is 38.1 Å². The van der Waals surface area contributed by atoms with Crippen molar-refractivity contribution in [3.05, 3.63) is 96.1 Å². The zero-order valence-electron chi connectivity index (χ0n) is 21.2. The topological polar surface area (TPSA) is 88.3 Å². The Bertz CT molecular complexity index is 1570. The third-order valence-corrected chi connectivity index (χ3v) is 7.24. The number of ether oxygens (including phenoxy) is 4. The number of nitrogens with zero attached hydrogens (tertiary/aromatic N) is 2. The molecule has 0 N–H and O–H groups in total. The van der Waals surface area contributed by atoms with Crippen LogP contribution in [0.4, 0.5) is 0 Å². The van der Waals surface area contributed by atoms with Crippen molar-refractivity contribution in [2.24, 2.45) is 4.99 Å². The number of carbonyl (C=O) groups excluding carboxylic acids is 1. The van der Waals surface area contributed by atoms with E-state index in [9.17, 15) is 9.59 Å². The summed E-state index contributed by atoms with van der Waals surface area (Å²) in [5.74, 6) is 1.21. The second-order valence-corrected chi connectivity index (χ2v) is 9.90. The fraction of sp³-hybridized carbons (Fsp3) is 0.250. The first-order chi connectivity index (χ1) is 18.4. The SMILES string of the molecule is C=CCOc1ccc(/C=c2\sc3n(c2=O)[C@@H](c2ccc(OCC)c(OCC)c2)C(C(=O)OC)=CN=3)cc1Br. The standard InChI is InChI=1S/C28H27BrN2O6S/c1-5-12-37-21-10-8-17(13-20(21)29)14-24-26(32)31-25(19(27(33)34-4)16-30-28(31)38-24)18-9-11-22(35-6-2)23(15-18)36-7-3/h5,8-11,13-16,25H,1,6-7,12H2,2-4H3/b24-14-/t25-/m0/s1. The van der Waals surface area contributed by atoms with Crippen LogP contribution in [0.15, 0.2) is 75.1 Å². The molecule has 0 unspecified atom stereocenters. The van der Waals surface area contributed by atoms with E-state index >= 15 is 0 Å². The average molecular weight is 600 g/mol. The molecule has 10 heteroatoms. The van der Waals surface area contributed by atoms with Crippen molar-refractivity contribution in [2.45, 2.75) is 19.9 Å². The highest BCUT2D eigenvalue weighted by atomic mass is 79.9. The van der Waals surface area contributed by atoms with Crippen LogP contribution in [0.1, 0.15) is 31.0 Å². The molecule has 4 rings (SSSR count). The van der Waals surface area contributed by atoms with E-state index in [1.54, 1.807) is 24.3 Å². The normalized spacial score (nSPS) is 14.7. The van der Waals surface area contributed by atoms with Gasteiger partial charge in [0.1, 0.15) is 12.4 Å². The maximum Gasteiger partial charge on any atom is 0.337 e. The lowest BCUT2D eigenvalue weighted by atomic mass is 9.97. The quantitative estimate of drug-likeness (QED) is 0.257. The van der Waals surface area contributed by atoms with Crippen LogP contribution in [-0.4, -0.2) is 37.5 Å². The molecule has 0 fully saturated rings. The molecule has 1 aliphatic heterocycles. The van der Waals surface area contributed by atoms with Crippen molar-refractivity contribution in [3.63, 3.8) is 0 Å². The van der Waals surface area contributed by atoms with Gasteiger partial charge in [-0.25, -0.2) is 9.79 Å². The van der Waals surface area contributed by atoms with E-state index in [1.165, 1.54) is 29.2 Å². The average Bonchev–Trinajstić information content (AvgIpc) is 3.23. The number of halogens is 1. The third-order valence-electron chi connectivity index (χ3n) is 5.62. The lowest BCUT2D eigenvalue weighted by Gasteiger charge is -2.23. The fourth-order valence-corrected chi connectivity index (χ4v) is 5.49. The van der Waals surface area contributed by atoms with Gasteiger partial charge in [0.15, 0.2) is 16.3 Å². The van der Waals surface area contributed by atoms with Gasteiger partial charge in [0.25, 0.3) is 5.56 Å². The summed E-state index contributed by atoms with van der Waals surface area (Å²) in [7, 11) is 1.30. The zero-order chi connectivity index (χ0) is 27.2. The predicted octanol–water partition coefficient (Wildman–Crippen LogP) is 4.14. The van der Waals surface area contributed by atoms with Gasteiger partial charge in [-0.1, -0.05) is 36.1 Å². The fourth-order valence-electron chi connectivity index (χ4n) is 4.01. The molecule has 0 aliphatic carbocycles. The Morgan fingerprint density at radius 2 is 1.84 bits per heavy atom. The molecule has 1 aromatic heterocycles. The summed E-state index contributed by atoms with van der Waals surface area (Å²) in [5.41, 5.74) is 1.44. The number of rotatable bonds is 10. The summed E-state index contributed by atoms with van der Waals surface area (Å²) >= 11 is 4.76. The number of carbonyl (C=O) groups is 1. The van der Waals surface area contributed by atoms with E-state index in [0.717, 1.165) is 10.0 Å². The molecule has 0 bridgehead atoms. The first-order valence-electron chi connectivity index (χ1n) is 11.9. The molecule has 0 saturated carbocycles. The molecule has 2 aromatic carbocycles. The van der Waals surface area contributed by atoms with Crippen molar-refractivity contribution in [2.75, 3.05) is 26.9 Å². The summed E-state index contributed by atoms with van der Waals surface area (Å²) in [6.07, 6.45) is 4.92. The van der Waals surface area contributed by atoms with Gasteiger partial charge in [-0.05, 0) is 71.2 Å². The Balaban J connectivity index is 1.84. The number of hydrogen-bond donors (Lipinski definition) is 0. The Kier molecular flexibility index (Phi) is 8.85. The molecule has 0 saturated heterocycles. The number of fused-ring (bicyclic) bond motifs is 1. The number of esters is 1. The van der Waals surface area contributed by atoms with Crippen molar-refractivity contribution in [1.82, 2.24) is 4.57 Å². The maximum atomic E-state index is 13.7. The Morgan fingerprint density at radius 1 is 1.11 bits per heavy atom. The monoisotopic (exact) mass is 598 g/mol. The molecule has 198 valence electrons. The summed E-state index contributed by atoms with van der Waals surface area (Å²) in [6, 6.07) is 10.2. The highest BCUT2D eigenvalue weighted by Gasteiger charge is 2.31. The third kappa shape index (κ3) is 5.61. The molecular weight excluding hydrogens is 572 g/mol. The second-order valence-electron chi connectivity index (χ2n) is 8.04. The number of benzene rings is 2. The predicted molar refractivity (Wildman–Crippen MR) is 150 cm³/mol. The molecule has 0 amide bonds. The van der Waals surface area contributed by atoms with Crippen molar-refractivity contribution in [1.29, 1.82) is 0 Å². The zero-order valence-corrected chi connectivity index (χ0v) is 23.6. The molecule has 3 aromatic rings. The van der Waals surface area contributed by atoms with Crippen molar-refractivity contribution < 1.29 is 23.7 Å². The van der Waals surface area contributed by atoms with E-state index in [0.29, 0.717) is 52.0 Å². The molecule has 1 aliphatic rings. The van der Waals surface area contributed by atoms with Gasteiger partial charge in [-0.3, -0.25) is 9.36 Å². The minimum atomic E-state index is -0.753. The van der Waals surface area contributed by atoms with Crippen LogP contribution < -0.4 is 29.1 Å². The number of hydrogen-bond acceptors (Lipinski definition) is 8. The van der Waals surface area contributed by atoms with Gasteiger partial charge in [0.2, 0.25) is 0 Å². The Hall–Kier alpha value is -3.63. The molecule has 2 heterocycles. The smallest absolute Gasteiger partial charge is 0.337 e. The van der Waals surface area contributed by atoms with Gasteiger partial charge in [0, 0.05) is 6.20 Å². The molecule has 1 atom stereocenters. The summed E-state index contributed by atoms with van der Waals surface area (Å²) < 4.78 is 24.9. The lowest BCUT2D eigenvalue weighted by molar-refractivity contribution is -0.136. The molecule has 38 heavy (non-hydrogen) atoms. The number of aromatic nitrogens is 1. The lowest BCUT2D eigenvalue weighted by Crippen LogP contribution is -2.39. The van der Waals surface area contributed by atoms with E-state index in [2.05, 4.69) is 27.5 Å². The number of methoxy groups -OCH3 is 1.